The van der Waals surface area contributed by atoms with E-state index in [1.54, 1.807) is 30.3 Å². The van der Waals surface area contributed by atoms with Crippen molar-refractivity contribution in [1.29, 1.82) is 0 Å². The van der Waals surface area contributed by atoms with Gasteiger partial charge in [0.05, 0.1) is 0 Å². The SMILES string of the molecule is O=C(Oc1ccccc1)C1(S)C(S)(S)C(S)(S)C(S)(S)C(S)(S)C1(S)S. The largest absolute Gasteiger partial charge is 0.425 e. The second-order valence-corrected chi connectivity index (χ2v) is 14.9. The highest BCUT2D eigenvalue weighted by Crippen LogP contribution is 2.75. The predicted octanol–water partition coefficient (Wildman–Crippen LogP) is 4.05. The summed E-state index contributed by atoms with van der Waals surface area (Å²) >= 11 is 50.1. The van der Waals surface area contributed by atoms with E-state index in [0.717, 1.165) is 0 Å². The average molecular weight is 557 g/mol. The molecule has 0 aromatic heterocycles. The van der Waals surface area contributed by atoms with Crippen LogP contribution in [0.2, 0.25) is 0 Å². The molecule has 0 aliphatic heterocycles. The van der Waals surface area contributed by atoms with Gasteiger partial charge in [0.2, 0.25) is 0 Å². The molecule has 1 aliphatic carbocycles. The van der Waals surface area contributed by atoms with Crippen molar-refractivity contribution in [2.75, 3.05) is 0 Å². The van der Waals surface area contributed by atoms with Gasteiger partial charge in [-0.15, -0.1) is 0 Å². The van der Waals surface area contributed by atoms with Crippen molar-refractivity contribution in [3.8, 4) is 5.75 Å². The molecule has 2 rings (SSSR count). The minimum Gasteiger partial charge on any atom is -0.425 e. The maximum absolute atomic E-state index is 13.2. The van der Waals surface area contributed by atoms with Crippen LogP contribution in [0, 0.1) is 0 Å². The van der Waals surface area contributed by atoms with Crippen LogP contribution in [0.3, 0.4) is 0 Å². The third-order valence-electron chi connectivity index (χ3n) is 4.20. The van der Waals surface area contributed by atoms with Gasteiger partial charge in [0.25, 0.3) is 0 Å². The number of ether oxygens (including phenoxy) is 1. The van der Waals surface area contributed by atoms with Crippen molar-refractivity contribution in [3.63, 3.8) is 0 Å². The topological polar surface area (TPSA) is 26.3 Å². The summed E-state index contributed by atoms with van der Waals surface area (Å²) in [4.78, 5) is 13.2. The molecule has 0 amide bonds. The van der Waals surface area contributed by atoms with E-state index in [1.165, 1.54) is 0 Å². The first-order chi connectivity index (χ1) is 11.5. The summed E-state index contributed by atoms with van der Waals surface area (Å²) in [6, 6.07) is 8.44. The lowest BCUT2D eigenvalue weighted by atomic mass is 9.82. The number of carbonyl (C=O) groups is 1. The number of esters is 1. The first-order valence-electron chi connectivity index (χ1n) is 6.73. The molecule has 0 unspecified atom stereocenters. The first-order valence-corrected chi connectivity index (χ1v) is 11.7. The van der Waals surface area contributed by atoms with Crippen LogP contribution in [0.25, 0.3) is 0 Å². The molecule has 146 valence electrons. The fourth-order valence-corrected chi connectivity index (χ4v) is 8.30. The molecular weight excluding hydrogens is 541 g/mol. The van der Waals surface area contributed by atoms with Crippen molar-refractivity contribution >= 4 is 145 Å². The van der Waals surface area contributed by atoms with Crippen LogP contribution >= 0.6 is 139 Å². The lowest BCUT2D eigenvalue weighted by molar-refractivity contribution is -0.138. The zero-order valence-electron chi connectivity index (χ0n) is 12.6. The van der Waals surface area contributed by atoms with E-state index < -0.39 is 31.1 Å². The highest BCUT2D eigenvalue weighted by atomic mass is 32.2. The van der Waals surface area contributed by atoms with Crippen LogP contribution in [-0.2, 0) is 4.79 Å². The summed E-state index contributed by atoms with van der Waals surface area (Å²) in [5.74, 6) is -0.540. The van der Waals surface area contributed by atoms with E-state index >= 15 is 0 Å². The Hall–Kier alpha value is 2.54. The summed E-state index contributed by atoms with van der Waals surface area (Å²) < 4.78 is -4.41. The fourth-order valence-electron chi connectivity index (χ4n) is 2.43. The number of para-hydroxylation sites is 1. The molecule has 0 heterocycles. The number of rotatable bonds is 2. The summed E-state index contributed by atoms with van der Waals surface area (Å²) in [5.41, 5.74) is 0. The van der Waals surface area contributed by atoms with Crippen LogP contribution < -0.4 is 4.74 Å². The molecule has 1 aromatic carbocycles. The Balaban J connectivity index is 2.69. The van der Waals surface area contributed by atoms with Gasteiger partial charge in [-0.1, -0.05) is 18.2 Å². The van der Waals surface area contributed by atoms with E-state index in [0.29, 0.717) is 5.75 Å². The van der Waals surface area contributed by atoms with Crippen LogP contribution in [0.5, 0.6) is 5.75 Å². The highest BCUT2D eigenvalue weighted by Gasteiger charge is 2.83. The molecule has 1 aromatic rings. The molecule has 26 heavy (non-hydrogen) atoms. The van der Waals surface area contributed by atoms with Crippen LogP contribution in [-0.4, -0.2) is 31.1 Å². The summed E-state index contributed by atoms with van der Waals surface area (Å²) in [7, 11) is 0. The molecule has 0 radical (unpaired) electrons. The molecule has 13 heteroatoms. The zero-order chi connectivity index (χ0) is 20.4. The number of thiol groups is 11. The summed E-state index contributed by atoms with van der Waals surface area (Å²) in [5, 5.41) is 0. The molecule has 2 nitrogen and oxygen atoms in total. The maximum atomic E-state index is 13.2. The van der Waals surface area contributed by atoms with Crippen molar-refractivity contribution in [1.82, 2.24) is 0 Å². The molecule has 0 N–H and O–H groups in total. The maximum Gasteiger partial charge on any atom is 0.332 e. The standard InChI is InChI=1S/C13H16O2S11/c14-7(15-6-4-2-1-3-5-6)8(16)9(17,18)11(21,22)13(25,26)12(23,24)10(8,19)20/h1-5,16-26H. The van der Waals surface area contributed by atoms with Gasteiger partial charge in [0.15, 0.2) is 4.75 Å². The van der Waals surface area contributed by atoms with Crippen LogP contribution in [0.4, 0.5) is 0 Å². The van der Waals surface area contributed by atoms with E-state index in [2.05, 4.69) is 139 Å². The van der Waals surface area contributed by atoms with Crippen molar-refractivity contribution in [3.05, 3.63) is 30.3 Å². The van der Waals surface area contributed by atoms with Gasteiger partial charge in [0, 0.05) is 0 Å². The molecule has 1 fully saturated rings. The second kappa shape index (κ2) is 7.59. The zero-order valence-corrected chi connectivity index (χ0v) is 22.5. The average Bonchev–Trinajstić information content (AvgIpc) is 2.52. The fraction of sp³-hybridized carbons (Fsp3) is 0.462. The summed E-state index contributed by atoms with van der Waals surface area (Å²) in [6.45, 7) is 0. The molecule has 0 saturated heterocycles. The number of hydrogen-bond donors (Lipinski definition) is 11. The van der Waals surface area contributed by atoms with Gasteiger partial charge in [0.1, 0.15) is 26.1 Å². The first kappa shape index (κ1) is 24.8. The lowest BCUT2D eigenvalue weighted by Crippen LogP contribution is -2.83. The van der Waals surface area contributed by atoms with E-state index in [4.69, 9.17) is 4.74 Å². The van der Waals surface area contributed by atoms with Gasteiger partial charge in [-0.2, -0.15) is 139 Å². The van der Waals surface area contributed by atoms with Crippen LogP contribution in [0.15, 0.2) is 30.3 Å². The Morgan fingerprint density at radius 3 is 1.35 bits per heavy atom. The van der Waals surface area contributed by atoms with E-state index in [9.17, 15) is 4.79 Å². The molecule has 0 atom stereocenters. The predicted molar refractivity (Wildman–Crippen MR) is 147 cm³/mol. The molecule has 1 aliphatic rings. The minimum atomic E-state index is -1.91. The van der Waals surface area contributed by atoms with Crippen molar-refractivity contribution in [2.45, 2.75) is 25.1 Å². The highest BCUT2D eigenvalue weighted by molar-refractivity contribution is 8.17. The third-order valence-corrected chi connectivity index (χ3v) is 15.3. The monoisotopic (exact) mass is 556 g/mol. The van der Waals surface area contributed by atoms with Gasteiger partial charge in [-0.05, 0) is 12.1 Å². The molecule has 1 saturated carbocycles. The van der Waals surface area contributed by atoms with Gasteiger partial charge in [-0.3, -0.25) is 0 Å². The van der Waals surface area contributed by atoms with Crippen molar-refractivity contribution < 1.29 is 9.53 Å². The van der Waals surface area contributed by atoms with Gasteiger partial charge < -0.3 is 4.74 Å². The summed E-state index contributed by atoms with van der Waals surface area (Å²) in [6.07, 6.45) is 0. The van der Waals surface area contributed by atoms with E-state index in [-0.39, 0.29) is 0 Å². The minimum absolute atomic E-state index is 0.294. The Kier molecular flexibility index (Phi) is 7.25. The van der Waals surface area contributed by atoms with Gasteiger partial charge in [-0.25, -0.2) is 4.79 Å². The van der Waals surface area contributed by atoms with Crippen LogP contribution in [0.1, 0.15) is 0 Å². The second-order valence-electron chi connectivity index (χ2n) is 5.77. The molecule has 0 spiro atoms. The lowest BCUT2D eigenvalue weighted by Gasteiger charge is -2.68. The number of benzene rings is 1. The van der Waals surface area contributed by atoms with Gasteiger partial charge >= 0.3 is 5.97 Å². The third kappa shape index (κ3) is 3.12. The van der Waals surface area contributed by atoms with Crippen molar-refractivity contribution in [2.24, 2.45) is 0 Å². The number of hydrogen-bond acceptors (Lipinski definition) is 13. The normalized spacial score (nSPS) is 26.7. The Labute approximate surface area is 213 Å². The Morgan fingerprint density at radius 1 is 0.615 bits per heavy atom. The Morgan fingerprint density at radius 2 is 0.962 bits per heavy atom. The molecular formula is C13H16O2S11. The smallest absolute Gasteiger partial charge is 0.332 e. The quantitative estimate of drug-likeness (QED) is 0.117. The number of carbonyl (C=O) groups excluding carboxylic acids is 1. The Bertz CT molecular complexity index is 684. The molecule has 0 bridgehead atoms. The van der Waals surface area contributed by atoms with E-state index in [1.807, 2.05) is 0 Å².